The van der Waals surface area contributed by atoms with Crippen LogP contribution in [0.5, 0.6) is 0 Å². The van der Waals surface area contributed by atoms with Gasteiger partial charge in [0, 0.05) is 41.3 Å². The fraction of sp³-hybridized carbons (Fsp3) is 0.889. The summed E-state index contributed by atoms with van der Waals surface area (Å²) in [6, 6.07) is 0. The minimum absolute atomic E-state index is 0.183. The Morgan fingerprint density at radius 1 is 1.07 bits per heavy atom. The largest absolute Gasteiger partial charge is 0.341 e. The Labute approximate surface area is 88.8 Å². The number of nitrogens with one attached hydrogen (secondary N) is 1. The Kier molecular flexibility index (Phi) is 3.80. The van der Waals surface area contributed by atoms with E-state index >= 15 is 0 Å². The van der Waals surface area contributed by atoms with Crippen molar-refractivity contribution in [2.45, 2.75) is 24.7 Å². The molecule has 1 rings (SSSR count). The monoisotopic (exact) mass is 219 g/mol. The van der Waals surface area contributed by atoms with Gasteiger partial charge in [0.05, 0.1) is 0 Å². The first-order valence-electron chi connectivity index (χ1n) is 4.61. The first-order valence-corrected chi connectivity index (χ1v) is 4.61. The predicted molar refractivity (Wildman–Crippen MR) is 50.9 cm³/mol. The summed E-state index contributed by atoms with van der Waals surface area (Å²) < 4.78 is 20.5. The lowest BCUT2D eigenvalue weighted by molar-refractivity contribution is -0.320. The highest BCUT2D eigenvalue weighted by atomic mass is 16.8. The minimum Gasteiger partial charge on any atom is -0.341 e. The summed E-state index contributed by atoms with van der Waals surface area (Å²) in [6.07, 6.45) is 0.670. The van der Waals surface area contributed by atoms with Crippen LogP contribution in [0.2, 0.25) is 0 Å². The second-order valence-corrected chi connectivity index (χ2v) is 3.23. The molecule has 6 heteroatoms. The van der Waals surface area contributed by atoms with Crippen LogP contribution >= 0.6 is 0 Å². The average Bonchev–Trinajstić information content (AvgIpc) is 2.31. The normalized spacial score (nSPS) is 24.1. The first kappa shape index (κ1) is 12.5. The summed E-state index contributed by atoms with van der Waals surface area (Å²) in [5.74, 6) is -2.71. The third-order valence-corrected chi connectivity index (χ3v) is 2.64. The highest BCUT2D eigenvalue weighted by Gasteiger charge is 2.51. The van der Waals surface area contributed by atoms with Gasteiger partial charge in [-0.25, -0.2) is 5.32 Å². The predicted octanol–water partition coefficient (Wildman–Crippen LogP) is -0.168. The van der Waals surface area contributed by atoms with E-state index in [1.54, 1.807) is 0 Å². The van der Waals surface area contributed by atoms with Crippen molar-refractivity contribution in [1.82, 2.24) is 5.32 Å². The van der Waals surface area contributed by atoms with Gasteiger partial charge in [-0.05, 0) is 0 Å². The van der Waals surface area contributed by atoms with Crippen LogP contribution in [0.15, 0.2) is 0 Å². The molecule has 6 nitrogen and oxygen atoms in total. The number of methoxy groups -OCH3 is 4. The van der Waals surface area contributed by atoms with Gasteiger partial charge in [0.15, 0.2) is 0 Å². The Morgan fingerprint density at radius 3 is 2.00 bits per heavy atom. The molecule has 1 aliphatic heterocycles. The van der Waals surface area contributed by atoms with Gasteiger partial charge in [-0.1, -0.05) is 0 Å². The molecular formula is C9H17NO5. The Hall–Kier alpha value is -0.530. The second kappa shape index (κ2) is 4.54. The maximum atomic E-state index is 11.7. The SMILES string of the molecule is COC1(OC)CCC(=O)C(OC)(OC)N1. The van der Waals surface area contributed by atoms with Gasteiger partial charge in [-0.3, -0.25) is 4.79 Å². The molecule has 0 aromatic rings. The van der Waals surface area contributed by atoms with Gasteiger partial charge in [-0.15, -0.1) is 0 Å². The molecule has 1 fully saturated rings. The second-order valence-electron chi connectivity index (χ2n) is 3.23. The summed E-state index contributed by atoms with van der Waals surface area (Å²) in [6.45, 7) is 0. The van der Waals surface area contributed by atoms with E-state index in [0.717, 1.165) is 0 Å². The van der Waals surface area contributed by atoms with Crippen LogP contribution in [0.4, 0.5) is 0 Å². The first-order chi connectivity index (χ1) is 7.08. The van der Waals surface area contributed by atoms with Crippen LogP contribution in [0.25, 0.3) is 0 Å². The lowest BCUT2D eigenvalue weighted by Gasteiger charge is -2.43. The smallest absolute Gasteiger partial charge is 0.293 e. The molecule has 1 aliphatic rings. The van der Waals surface area contributed by atoms with E-state index in [0.29, 0.717) is 6.42 Å². The van der Waals surface area contributed by atoms with E-state index in [4.69, 9.17) is 18.9 Å². The van der Waals surface area contributed by atoms with Gasteiger partial charge in [0.2, 0.25) is 11.7 Å². The fourth-order valence-corrected chi connectivity index (χ4v) is 1.63. The zero-order valence-electron chi connectivity index (χ0n) is 9.46. The minimum atomic E-state index is -1.48. The number of ketones is 1. The maximum absolute atomic E-state index is 11.7. The number of piperidine rings is 1. The zero-order valence-corrected chi connectivity index (χ0v) is 9.46. The van der Waals surface area contributed by atoms with Gasteiger partial charge >= 0.3 is 0 Å². The van der Waals surface area contributed by atoms with Crippen molar-refractivity contribution in [2.75, 3.05) is 28.4 Å². The number of hydrogen-bond acceptors (Lipinski definition) is 6. The summed E-state index contributed by atoms with van der Waals surface area (Å²) in [5, 5.41) is 2.79. The van der Waals surface area contributed by atoms with Gasteiger partial charge in [0.1, 0.15) is 0 Å². The van der Waals surface area contributed by atoms with Crippen molar-refractivity contribution < 1.29 is 23.7 Å². The molecular weight excluding hydrogens is 202 g/mol. The molecule has 0 aliphatic carbocycles. The van der Waals surface area contributed by atoms with Crippen molar-refractivity contribution >= 4 is 5.78 Å². The third kappa shape index (κ3) is 2.04. The molecule has 0 aromatic heterocycles. The molecule has 0 aromatic carbocycles. The summed E-state index contributed by atoms with van der Waals surface area (Å²) >= 11 is 0. The number of rotatable bonds is 4. The molecule has 0 saturated carbocycles. The van der Waals surface area contributed by atoms with E-state index in [9.17, 15) is 4.79 Å². The van der Waals surface area contributed by atoms with Crippen LogP contribution in [-0.4, -0.2) is 46.0 Å². The lowest BCUT2D eigenvalue weighted by Crippen LogP contribution is -2.69. The molecule has 1 N–H and O–H groups in total. The van der Waals surface area contributed by atoms with E-state index < -0.39 is 11.8 Å². The quantitative estimate of drug-likeness (QED) is 0.662. The molecule has 0 spiro atoms. The van der Waals surface area contributed by atoms with Crippen molar-refractivity contribution in [2.24, 2.45) is 0 Å². The fourth-order valence-electron chi connectivity index (χ4n) is 1.63. The van der Waals surface area contributed by atoms with Crippen molar-refractivity contribution in [3.8, 4) is 0 Å². The van der Waals surface area contributed by atoms with E-state index in [1.807, 2.05) is 0 Å². The van der Waals surface area contributed by atoms with Crippen molar-refractivity contribution in [3.63, 3.8) is 0 Å². The molecule has 0 atom stereocenters. The molecule has 88 valence electrons. The molecule has 0 unspecified atom stereocenters. The van der Waals surface area contributed by atoms with E-state index in [2.05, 4.69) is 5.32 Å². The average molecular weight is 219 g/mol. The lowest BCUT2D eigenvalue weighted by atomic mass is 10.0. The summed E-state index contributed by atoms with van der Waals surface area (Å²) in [5.41, 5.74) is 0. The summed E-state index contributed by atoms with van der Waals surface area (Å²) in [4.78, 5) is 11.7. The highest BCUT2D eigenvalue weighted by Crippen LogP contribution is 2.28. The van der Waals surface area contributed by atoms with Crippen LogP contribution in [0, 0.1) is 0 Å². The summed E-state index contributed by atoms with van der Waals surface area (Å²) in [7, 11) is 5.75. The molecule has 15 heavy (non-hydrogen) atoms. The van der Waals surface area contributed by atoms with Crippen LogP contribution in [-0.2, 0) is 23.7 Å². The molecule has 0 amide bonds. The molecule has 0 bridgehead atoms. The zero-order chi connectivity index (χ0) is 11.5. The van der Waals surface area contributed by atoms with Gasteiger partial charge in [-0.2, -0.15) is 0 Å². The number of carbonyl (C=O) groups excluding carboxylic acids is 1. The number of carbonyl (C=O) groups is 1. The molecule has 1 saturated heterocycles. The number of hydrogen-bond donors (Lipinski definition) is 1. The topological polar surface area (TPSA) is 66.0 Å². The van der Waals surface area contributed by atoms with Gasteiger partial charge in [0.25, 0.3) is 5.91 Å². The van der Waals surface area contributed by atoms with Gasteiger partial charge < -0.3 is 18.9 Å². The van der Waals surface area contributed by atoms with Crippen LogP contribution < -0.4 is 5.32 Å². The molecule has 0 radical (unpaired) electrons. The van der Waals surface area contributed by atoms with E-state index in [1.165, 1.54) is 28.4 Å². The van der Waals surface area contributed by atoms with Crippen molar-refractivity contribution in [1.29, 1.82) is 0 Å². The Balaban J connectivity index is 2.92. The number of ether oxygens (including phenoxy) is 4. The van der Waals surface area contributed by atoms with E-state index in [-0.39, 0.29) is 12.2 Å². The standard InChI is InChI=1S/C9H17NO5/c1-12-8(13-2)6-5-7(11)9(10-8,14-3)15-4/h10H,5-6H2,1-4H3. The number of Topliss-reactive ketones (excluding diaryl/α,β-unsaturated/α-hetero) is 1. The molecule has 1 heterocycles. The van der Waals surface area contributed by atoms with Crippen LogP contribution in [0.3, 0.4) is 0 Å². The van der Waals surface area contributed by atoms with Crippen molar-refractivity contribution in [3.05, 3.63) is 0 Å². The van der Waals surface area contributed by atoms with Crippen LogP contribution in [0.1, 0.15) is 12.8 Å². The Bertz CT molecular complexity index is 235. The highest BCUT2D eigenvalue weighted by molar-refractivity contribution is 5.86. The maximum Gasteiger partial charge on any atom is 0.293 e. The third-order valence-electron chi connectivity index (χ3n) is 2.64. The Morgan fingerprint density at radius 2 is 1.60 bits per heavy atom.